The third-order valence-corrected chi connectivity index (χ3v) is 7.33. The van der Waals surface area contributed by atoms with Gasteiger partial charge in [-0.15, -0.1) is 0 Å². The number of ether oxygens (including phenoxy) is 1. The summed E-state index contributed by atoms with van der Waals surface area (Å²) in [4.78, 5) is 28.2. The number of amides is 2. The summed E-state index contributed by atoms with van der Waals surface area (Å²) in [7, 11) is -2.18. The van der Waals surface area contributed by atoms with Gasteiger partial charge in [0.15, 0.2) is 0 Å². The summed E-state index contributed by atoms with van der Waals surface area (Å²) in [6.45, 7) is 7.99. The zero-order chi connectivity index (χ0) is 26.9. The predicted molar refractivity (Wildman–Crippen MR) is 144 cm³/mol. The smallest absolute Gasteiger partial charge is 0.244 e. The third kappa shape index (κ3) is 7.98. The number of hydrogen-bond acceptors (Lipinski definition) is 5. The number of sulfonamides is 1. The van der Waals surface area contributed by atoms with Crippen molar-refractivity contribution in [3.63, 3.8) is 0 Å². The van der Waals surface area contributed by atoms with Gasteiger partial charge in [0, 0.05) is 13.1 Å². The Labute approximate surface area is 215 Å². The molecular weight excluding hydrogens is 478 g/mol. The van der Waals surface area contributed by atoms with E-state index < -0.39 is 28.5 Å². The Kier molecular flexibility index (Phi) is 10.8. The highest BCUT2D eigenvalue weighted by molar-refractivity contribution is 7.92. The molecule has 0 bridgehead atoms. The molecule has 0 fully saturated rings. The van der Waals surface area contributed by atoms with E-state index in [0.717, 1.165) is 40.1 Å². The van der Waals surface area contributed by atoms with Crippen LogP contribution in [0.3, 0.4) is 0 Å². The van der Waals surface area contributed by atoms with E-state index in [-0.39, 0.29) is 12.5 Å². The van der Waals surface area contributed by atoms with Crippen LogP contribution >= 0.6 is 0 Å². The van der Waals surface area contributed by atoms with E-state index >= 15 is 0 Å². The number of anilines is 1. The molecule has 2 amide bonds. The van der Waals surface area contributed by atoms with Crippen LogP contribution in [0.5, 0.6) is 5.75 Å². The zero-order valence-electron chi connectivity index (χ0n) is 22.2. The molecule has 1 N–H and O–H groups in total. The maximum absolute atomic E-state index is 13.7. The lowest BCUT2D eigenvalue weighted by atomic mass is 10.1. The van der Waals surface area contributed by atoms with Crippen LogP contribution in [-0.4, -0.2) is 57.6 Å². The molecule has 0 saturated heterocycles. The molecule has 36 heavy (non-hydrogen) atoms. The number of carbonyl (C=O) groups excluding carboxylic acids is 2. The van der Waals surface area contributed by atoms with Crippen molar-refractivity contribution < 1.29 is 22.7 Å². The summed E-state index contributed by atoms with van der Waals surface area (Å²) >= 11 is 0. The van der Waals surface area contributed by atoms with Gasteiger partial charge in [-0.25, -0.2) is 8.42 Å². The Hall–Kier alpha value is -3.07. The molecule has 0 unspecified atom stereocenters. The van der Waals surface area contributed by atoms with Gasteiger partial charge in [0.1, 0.15) is 18.3 Å². The molecule has 0 spiro atoms. The molecular formula is C27H39N3O5S. The van der Waals surface area contributed by atoms with Crippen molar-refractivity contribution in [2.75, 3.05) is 30.8 Å². The van der Waals surface area contributed by atoms with E-state index in [1.54, 1.807) is 31.4 Å². The number of methoxy groups -OCH3 is 1. The average molecular weight is 518 g/mol. The number of nitrogens with one attached hydrogen (secondary N) is 1. The summed E-state index contributed by atoms with van der Waals surface area (Å²) < 4.78 is 31.8. The number of hydrogen-bond donors (Lipinski definition) is 1. The molecule has 0 radical (unpaired) electrons. The van der Waals surface area contributed by atoms with E-state index in [1.165, 1.54) is 4.90 Å². The minimum absolute atomic E-state index is 0.160. The van der Waals surface area contributed by atoms with Gasteiger partial charge in [0.25, 0.3) is 0 Å². The second kappa shape index (κ2) is 13.3. The summed E-state index contributed by atoms with van der Waals surface area (Å²) in [5.74, 6) is -0.0178. The van der Waals surface area contributed by atoms with Crippen LogP contribution in [0.4, 0.5) is 5.69 Å². The first-order valence-corrected chi connectivity index (χ1v) is 14.1. The first kappa shape index (κ1) is 29.2. The van der Waals surface area contributed by atoms with Crippen LogP contribution in [0.15, 0.2) is 42.5 Å². The topological polar surface area (TPSA) is 96.0 Å². The predicted octanol–water partition coefficient (Wildman–Crippen LogP) is 3.80. The van der Waals surface area contributed by atoms with Crippen molar-refractivity contribution >= 4 is 27.5 Å². The maximum atomic E-state index is 13.7. The van der Waals surface area contributed by atoms with Crippen LogP contribution in [0.1, 0.15) is 49.8 Å². The number of aryl methyl sites for hydroxylation is 2. The highest BCUT2D eigenvalue weighted by Crippen LogP contribution is 2.23. The molecule has 2 aromatic carbocycles. The van der Waals surface area contributed by atoms with Gasteiger partial charge in [0.05, 0.1) is 19.1 Å². The summed E-state index contributed by atoms with van der Waals surface area (Å²) in [5, 5.41) is 2.92. The quantitative estimate of drug-likeness (QED) is 0.408. The van der Waals surface area contributed by atoms with Gasteiger partial charge in [-0.05, 0) is 67.6 Å². The largest absolute Gasteiger partial charge is 0.497 e. The molecule has 0 heterocycles. The minimum Gasteiger partial charge on any atom is -0.497 e. The molecule has 8 nitrogen and oxygen atoms in total. The lowest BCUT2D eigenvalue weighted by Crippen LogP contribution is -2.52. The normalized spacial score (nSPS) is 12.1. The monoisotopic (exact) mass is 517 g/mol. The van der Waals surface area contributed by atoms with Crippen LogP contribution in [0.25, 0.3) is 0 Å². The molecule has 0 aliphatic heterocycles. The van der Waals surface area contributed by atoms with Crippen molar-refractivity contribution in [3.05, 3.63) is 59.2 Å². The molecule has 1 atom stereocenters. The van der Waals surface area contributed by atoms with Crippen molar-refractivity contribution in [1.82, 2.24) is 10.2 Å². The second-order valence-corrected chi connectivity index (χ2v) is 10.9. The fourth-order valence-electron chi connectivity index (χ4n) is 3.85. The fraction of sp³-hybridized carbons (Fsp3) is 0.481. The first-order valence-electron chi connectivity index (χ1n) is 12.3. The van der Waals surface area contributed by atoms with Crippen LogP contribution in [-0.2, 0) is 26.2 Å². The number of carbonyl (C=O) groups is 2. The molecule has 0 aliphatic carbocycles. The van der Waals surface area contributed by atoms with Gasteiger partial charge < -0.3 is 15.0 Å². The Balaban J connectivity index is 2.42. The second-order valence-electron chi connectivity index (χ2n) is 8.98. The summed E-state index contributed by atoms with van der Waals surface area (Å²) in [5.41, 5.74) is 3.17. The summed E-state index contributed by atoms with van der Waals surface area (Å²) in [6.07, 6.45) is 3.24. The molecule has 0 aliphatic rings. The average Bonchev–Trinajstić information content (AvgIpc) is 2.84. The minimum atomic E-state index is -3.76. The molecule has 198 valence electrons. The van der Waals surface area contributed by atoms with Crippen LogP contribution < -0.4 is 14.4 Å². The SMILES string of the molecule is CCCCNC(=O)[C@@H](CC)N(Cc1ccc(OC)cc1)C(=O)CN(c1ccc(C)c(C)c1)S(C)(=O)=O. The molecule has 0 aromatic heterocycles. The Bertz CT molecular complexity index is 1130. The Morgan fingerprint density at radius 2 is 1.69 bits per heavy atom. The number of unbranched alkanes of at least 4 members (excludes halogenated alkanes) is 1. The van der Waals surface area contributed by atoms with E-state index in [4.69, 9.17) is 4.74 Å². The van der Waals surface area contributed by atoms with Crippen molar-refractivity contribution in [1.29, 1.82) is 0 Å². The lowest BCUT2D eigenvalue weighted by Gasteiger charge is -2.33. The van der Waals surface area contributed by atoms with Crippen LogP contribution in [0, 0.1) is 13.8 Å². The fourth-order valence-corrected chi connectivity index (χ4v) is 4.69. The summed E-state index contributed by atoms with van der Waals surface area (Å²) in [6, 6.07) is 11.8. The molecule has 9 heteroatoms. The number of benzene rings is 2. The van der Waals surface area contributed by atoms with E-state index in [9.17, 15) is 18.0 Å². The molecule has 0 saturated carbocycles. The van der Waals surface area contributed by atoms with Crippen LogP contribution in [0.2, 0.25) is 0 Å². The highest BCUT2D eigenvalue weighted by atomic mass is 32.2. The van der Waals surface area contributed by atoms with Crippen molar-refractivity contribution in [2.24, 2.45) is 0 Å². The number of nitrogens with zero attached hydrogens (tertiary/aromatic N) is 2. The van der Waals surface area contributed by atoms with E-state index in [1.807, 2.05) is 45.9 Å². The lowest BCUT2D eigenvalue weighted by molar-refractivity contribution is -0.140. The Morgan fingerprint density at radius 3 is 2.22 bits per heavy atom. The third-order valence-electron chi connectivity index (χ3n) is 6.19. The van der Waals surface area contributed by atoms with Gasteiger partial charge in [-0.3, -0.25) is 13.9 Å². The van der Waals surface area contributed by atoms with Gasteiger partial charge >= 0.3 is 0 Å². The van der Waals surface area contributed by atoms with Gasteiger partial charge in [-0.1, -0.05) is 38.5 Å². The van der Waals surface area contributed by atoms with E-state index in [2.05, 4.69) is 5.32 Å². The highest BCUT2D eigenvalue weighted by Gasteiger charge is 2.31. The first-order chi connectivity index (χ1) is 17.0. The van der Waals surface area contributed by atoms with Gasteiger partial charge in [0.2, 0.25) is 21.8 Å². The maximum Gasteiger partial charge on any atom is 0.244 e. The van der Waals surface area contributed by atoms with Gasteiger partial charge in [-0.2, -0.15) is 0 Å². The van der Waals surface area contributed by atoms with E-state index in [0.29, 0.717) is 24.4 Å². The zero-order valence-corrected chi connectivity index (χ0v) is 23.0. The molecule has 2 aromatic rings. The van der Waals surface area contributed by atoms with Crippen molar-refractivity contribution in [3.8, 4) is 5.75 Å². The number of rotatable bonds is 13. The molecule has 2 rings (SSSR count). The van der Waals surface area contributed by atoms with Crippen molar-refractivity contribution in [2.45, 2.75) is 59.5 Å². The standard InChI is InChI=1S/C27H39N3O5S/c1-7-9-16-28-27(32)25(8-2)29(18-22-11-14-24(35-5)15-12-22)26(31)19-30(36(6,33)34)23-13-10-20(3)21(4)17-23/h10-15,17,25H,7-9,16,18-19H2,1-6H3,(H,28,32)/t25-/m1/s1. The Morgan fingerprint density at radius 1 is 1.03 bits per heavy atom.